The van der Waals surface area contributed by atoms with Crippen LogP contribution in [-0.4, -0.2) is 56.4 Å². The summed E-state index contributed by atoms with van der Waals surface area (Å²) in [6.07, 6.45) is 5.14. The number of carbonyl (C=O) groups is 1. The molecule has 0 aromatic carbocycles. The monoisotopic (exact) mass is 302 g/mol. The van der Waals surface area contributed by atoms with Crippen molar-refractivity contribution in [2.45, 2.75) is 51.1 Å². The third kappa shape index (κ3) is 4.45. The zero-order valence-corrected chi connectivity index (χ0v) is 13.3. The van der Waals surface area contributed by atoms with Crippen molar-refractivity contribution in [3.05, 3.63) is 0 Å². The van der Waals surface area contributed by atoms with Crippen molar-refractivity contribution in [3.8, 4) is 0 Å². The summed E-state index contributed by atoms with van der Waals surface area (Å²) in [5.41, 5.74) is 0. The van der Waals surface area contributed by atoms with E-state index in [1.165, 1.54) is 12.8 Å². The van der Waals surface area contributed by atoms with E-state index in [2.05, 4.69) is 12.2 Å². The third-order valence-electron chi connectivity index (χ3n) is 4.61. The van der Waals surface area contributed by atoms with Crippen molar-refractivity contribution in [2.75, 3.05) is 25.1 Å². The molecule has 116 valence electrons. The van der Waals surface area contributed by atoms with Crippen LogP contribution in [-0.2, 0) is 14.6 Å². The fourth-order valence-corrected chi connectivity index (χ4v) is 4.96. The van der Waals surface area contributed by atoms with Gasteiger partial charge in [0.15, 0.2) is 9.84 Å². The van der Waals surface area contributed by atoms with Crippen LogP contribution < -0.4 is 5.32 Å². The summed E-state index contributed by atoms with van der Waals surface area (Å²) in [4.78, 5) is 13.9. The zero-order chi connectivity index (χ0) is 14.8. The summed E-state index contributed by atoms with van der Waals surface area (Å²) in [6, 6.07) is 0.302. The van der Waals surface area contributed by atoms with Crippen LogP contribution in [0.5, 0.6) is 0 Å². The molecule has 1 amide bonds. The largest absolute Gasteiger partial charge is 0.352 e. The van der Waals surface area contributed by atoms with E-state index in [1.54, 1.807) is 0 Å². The van der Waals surface area contributed by atoms with Gasteiger partial charge in [0.05, 0.1) is 18.1 Å². The molecule has 2 fully saturated rings. The van der Waals surface area contributed by atoms with Crippen molar-refractivity contribution in [3.63, 3.8) is 0 Å². The topological polar surface area (TPSA) is 66.5 Å². The normalized spacial score (nSPS) is 33.2. The van der Waals surface area contributed by atoms with E-state index in [9.17, 15) is 13.2 Å². The molecule has 1 saturated heterocycles. The second kappa shape index (κ2) is 6.43. The lowest BCUT2D eigenvalue weighted by Crippen LogP contribution is -2.45. The summed E-state index contributed by atoms with van der Waals surface area (Å²) in [7, 11) is -1.04. The Labute approximate surface area is 122 Å². The Kier molecular flexibility index (Phi) is 5.07. The van der Waals surface area contributed by atoms with E-state index in [-0.39, 0.29) is 23.5 Å². The van der Waals surface area contributed by atoms with Gasteiger partial charge in [-0.15, -0.1) is 0 Å². The maximum Gasteiger partial charge on any atom is 0.234 e. The summed E-state index contributed by atoms with van der Waals surface area (Å²) in [5.74, 6) is 1.24. The maximum atomic E-state index is 12.0. The Morgan fingerprint density at radius 3 is 2.40 bits per heavy atom. The number of hydrogen-bond acceptors (Lipinski definition) is 4. The second-order valence-electron chi connectivity index (χ2n) is 6.50. The smallest absolute Gasteiger partial charge is 0.234 e. The lowest BCUT2D eigenvalue weighted by Gasteiger charge is -2.28. The molecule has 1 aliphatic carbocycles. The standard InChI is InChI=1S/C14H26N2O3S/c1-11-3-5-12(6-4-11)15-14(17)9-16(2)13-7-8-20(18,19)10-13/h11-13H,3-10H2,1-2H3,(H,15,17). The molecule has 5 nitrogen and oxygen atoms in total. The van der Waals surface area contributed by atoms with Crippen LogP contribution in [0.4, 0.5) is 0 Å². The fraction of sp³-hybridized carbons (Fsp3) is 0.929. The predicted octanol–water partition coefficient (Wildman–Crippen LogP) is 0.800. The molecule has 20 heavy (non-hydrogen) atoms. The molecular formula is C14H26N2O3S. The Balaban J connectivity index is 1.74. The highest BCUT2D eigenvalue weighted by Crippen LogP contribution is 2.23. The molecular weight excluding hydrogens is 276 g/mol. The van der Waals surface area contributed by atoms with Gasteiger partial charge in [-0.3, -0.25) is 9.69 Å². The van der Waals surface area contributed by atoms with E-state index >= 15 is 0 Å². The average molecular weight is 302 g/mol. The van der Waals surface area contributed by atoms with Crippen LogP contribution in [0.25, 0.3) is 0 Å². The molecule has 1 aliphatic heterocycles. The van der Waals surface area contributed by atoms with Gasteiger partial charge >= 0.3 is 0 Å². The van der Waals surface area contributed by atoms with Crippen LogP contribution in [0.2, 0.25) is 0 Å². The minimum absolute atomic E-state index is 0.00266. The molecule has 0 aromatic rings. The van der Waals surface area contributed by atoms with Crippen molar-refractivity contribution in [2.24, 2.45) is 5.92 Å². The first kappa shape index (κ1) is 15.8. The van der Waals surface area contributed by atoms with Crippen LogP contribution in [0.15, 0.2) is 0 Å². The first-order chi connectivity index (χ1) is 9.35. The SMILES string of the molecule is CC1CCC(NC(=O)CN(C)C2CCS(=O)(=O)C2)CC1. The van der Waals surface area contributed by atoms with Crippen molar-refractivity contribution >= 4 is 15.7 Å². The van der Waals surface area contributed by atoms with Crippen molar-refractivity contribution < 1.29 is 13.2 Å². The average Bonchev–Trinajstić information content (AvgIpc) is 2.73. The van der Waals surface area contributed by atoms with Gasteiger partial charge in [0.1, 0.15) is 0 Å². The highest BCUT2D eigenvalue weighted by atomic mass is 32.2. The Morgan fingerprint density at radius 1 is 1.20 bits per heavy atom. The van der Waals surface area contributed by atoms with E-state index in [1.807, 2.05) is 11.9 Å². The molecule has 2 aliphatic rings. The quantitative estimate of drug-likeness (QED) is 0.834. The molecule has 2 rings (SSSR count). The van der Waals surface area contributed by atoms with Crippen molar-refractivity contribution in [1.29, 1.82) is 0 Å². The number of carbonyl (C=O) groups excluding carboxylic acids is 1. The van der Waals surface area contributed by atoms with Gasteiger partial charge in [0, 0.05) is 12.1 Å². The van der Waals surface area contributed by atoms with Gasteiger partial charge in [-0.1, -0.05) is 6.92 Å². The highest BCUT2D eigenvalue weighted by molar-refractivity contribution is 7.91. The molecule has 1 atom stereocenters. The van der Waals surface area contributed by atoms with E-state index in [0.29, 0.717) is 19.0 Å². The number of hydrogen-bond donors (Lipinski definition) is 1. The van der Waals surface area contributed by atoms with Crippen LogP contribution in [0.3, 0.4) is 0 Å². The lowest BCUT2D eigenvalue weighted by atomic mass is 9.87. The van der Waals surface area contributed by atoms with Gasteiger partial charge in [-0.05, 0) is 45.1 Å². The third-order valence-corrected chi connectivity index (χ3v) is 6.36. The van der Waals surface area contributed by atoms with Gasteiger partial charge in [0.25, 0.3) is 0 Å². The minimum atomic E-state index is -2.88. The Hall–Kier alpha value is -0.620. The summed E-state index contributed by atoms with van der Waals surface area (Å²) < 4.78 is 22.9. The van der Waals surface area contributed by atoms with Crippen LogP contribution in [0, 0.1) is 5.92 Å². The van der Waals surface area contributed by atoms with E-state index in [4.69, 9.17) is 0 Å². The molecule has 1 saturated carbocycles. The molecule has 0 aromatic heterocycles. The number of amides is 1. The number of sulfone groups is 1. The summed E-state index contributed by atoms with van der Waals surface area (Å²) in [5, 5.41) is 3.08. The van der Waals surface area contributed by atoms with E-state index < -0.39 is 9.84 Å². The zero-order valence-electron chi connectivity index (χ0n) is 12.5. The molecule has 0 bridgehead atoms. The van der Waals surface area contributed by atoms with Gasteiger partial charge < -0.3 is 5.32 Å². The fourth-order valence-electron chi connectivity index (χ4n) is 3.16. The van der Waals surface area contributed by atoms with Gasteiger partial charge in [-0.2, -0.15) is 0 Å². The Bertz CT molecular complexity index is 441. The molecule has 0 radical (unpaired) electrons. The van der Waals surface area contributed by atoms with Gasteiger partial charge in [0.2, 0.25) is 5.91 Å². The summed E-state index contributed by atoms with van der Waals surface area (Å²) >= 11 is 0. The summed E-state index contributed by atoms with van der Waals surface area (Å²) in [6.45, 7) is 2.55. The number of likely N-dealkylation sites (N-methyl/N-ethyl adjacent to an activating group) is 1. The van der Waals surface area contributed by atoms with Gasteiger partial charge in [-0.25, -0.2) is 8.42 Å². The first-order valence-corrected chi connectivity index (χ1v) is 9.38. The Morgan fingerprint density at radius 2 is 1.85 bits per heavy atom. The molecule has 0 spiro atoms. The molecule has 6 heteroatoms. The highest BCUT2D eigenvalue weighted by Gasteiger charge is 2.31. The number of nitrogens with one attached hydrogen (secondary N) is 1. The maximum absolute atomic E-state index is 12.0. The van der Waals surface area contributed by atoms with Crippen LogP contribution >= 0.6 is 0 Å². The van der Waals surface area contributed by atoms with E-state index in [0.717, 1.165) is 18.8 Å². The number of rotatable bonds is 4. The van der Waals surface area contributed by atoms with Crippen molar-refractivity contribution in [1.82, 2.24) is 10.2 Å². The second-order valence-corrected chi connectivity index (χ2v) is 8.73. The predicted molar refractivity (Wildman–Crippen MR) is 79.3 cm³/mol. The minimum Gasteiger partial charge on any atom is -0.352 e. The molecule has 1 unspecified atom stereocenters. The lowest BCUT2D eigenvalue weighted by molar-refractivity contribution is -0.123. The molecule has 1 N–H and O–H groups in total. The number of nitrogens with zero attached hydrogens (tertiary/aromatic N) is 1. The molecule has 1 heterocycles. The first-order valence-electron chi connectivity index (χ1n) is 7.56. The van der Waals surface area contributed by atoms with Crippen LogP contribution in [0.1, 0.15) is 39.0 Å².